The highest BCUT2D eigenvalue weighted by Crippen LogP contribution is 2.41. The van der Waals surface area contributed by atoms with Crippen LogP contribution < -0.4 is 11.2 Å². The van der Waals surface area contributed by atoms with E-state index in [9.17, 15) is 0 Å². The summed E-state index contributed by atoms with van der Waals surface area (Å²) in [4.78, 5) is 4.07. The third-order valence-electron chi connectivity index (χ3n) is 1.83. The first-order valence-electron chi connectivity index (χ1n) is 3.43. The first-order chi connectivity index (χ1) is 5.06. The van der Waals surface area contributed by atoms with Crippen LogP contribution in [0, 0.1) is 0 Å². The van der Waals surface area contributed by atoms with E-state index in [4.69, 9.17) is 10.9 Å². The van der Waals surface area contributed by atoms with Crippen LogP contribution in [-0.2, 0) is 0 Å². The van der Waals surface area contributed by atoms with Crippen LogP contribution in [0.15, 0.2) is 4.99 Å². The Labute approximate surface area is 70.2 Å². The monoisotopic (exact) mass is 175 g/mol. The largest absolute Gasteiger partial charge is 0.368 e. The van der Waals surface area contributed by atoms with Gasteiger partial charge in [-0.15, -0.1) is 0 Å². The molecule has 0 saturated carbocycles. The summed E-state index contributed by atoms with van der Waals surface area (Å²) in [5.74, 6) is 1.08. The normalized spacial score (nSPS) is 29.4. The fraction of sp³-hybridized carbons (Fsp3) is 0.833. The molecule has 4 N–H and O–H groups in total. The number of thioether (sulfide) groups is 1. The highest BCUT2D eigenvalue weighted by Gasteiger charge is 2.39. The summed E-state index contributed by atoms with van der Waals surface area (Å²) < 4.78 is 0.168. The van der Waals surface area contributed by atoms with E-state index < -0.39 is 0 Å². The summed E-state index contributed by atoms with van der Waals surface area (Å²) in [6.45, 7) is 4.22. The molecule has 1 rings (SSSR count). The fourth-order valence-corrected chi connectivity index (χ4v) is 1.99. The van der Waals surface area contributed by atoms with Crippen LogP contribution >= 0.6 is 11.8 Å². The molecule has 1 unspecified atom stereocenters. The zero-order valence-corrected chi connectivity index (χ0v) is 7.48. The van der Waals surface area contributed by atoms with Crippen LogP contribution in [0.3, 0.4) is 0 Å². The SMILES string of the molecule is CC1(C)SCC1N=C(N)NO. The van der Waals surface area contributed by atoms with Crippen molar-refractivity contribution in [1.29, 1.82) is 0 Å². The van der Waals surface area contributed by atoms with E-state index in [1.807, 2.05) is 17.2 Å². The van der Waals surface area contributed by atoms with Gasteiger partial charge in [-0.1, -0.05) is 0 Å². The predicted octanol–water partition coefficient (Wildman–Crippen LogP) is 0.174. The Morgan fingerprint density at radius 2 is 2.45 bits per heavy atom. The molecule has 1 heterocycles. The van der Waals surface area contributed by atoms with Crippen molar-refractivity contribution in [2.75, 3.05) is 5.75 Å². The second kappa shape index (κ2) is 2.91. The summed E-state index contributed by atoms with van der Waals surface area (Å²) in [5.41, 5.74) is 7.10. The van der Waals surface area contributed by atoms with Crippen LogP contribution in [0.4, 0.5) is 0 Å². The minimum Gasteiger partial charge on any atom is -0.368 e. The Morgan fingerprint density at radius 3 is 2.73 bits per heavy atom. The van der Waals surface area contributed by atoms with Gasteiger partial charge in [-0.25, -0.2) is 10.5 Å². The molecule has 0 aromatic carbocycles. The van der Waals surface area contributed by atoms with Crippen molar-refractivity contribution in [3.8, 4) is 0 Å². The smallest absolute Gasteiger partial charge is 0.213 e. The number of hydrogen-bond donors (Lipinski definition) is 3. The number of hydrogen-bond acceptors (Lipinski definition) is 3. The highest BCUT2D eigenvalue weighted by molar-refractivity contribution is 8.02. The lowest BCUT2D eigenvalue weighted by Gasteiger charge is -2.40. The summed E-state index contributed by atoms with van der Waals surface area (Å²) in [5, 5.41) is 8.36. The zero-order chi connectivity index (χ0) is 8.48. The molecule has 1 saturated heterocycles. The lowest BCUT2D eigenvalue weighted by Crippen LogP contribution is -2.46. The molecule has 4 nitrogen and oxygen atoms in total. The van der Waals surface area contributed by atoms with Gasteiger partial charge in [0, 0.05) is 10.5 Å². The molecule has 1 aliphatic heterocycles. The van der Waals surface area contributed by atoms with Gasteiger partial charge in [-0.2, -0.15) is 11.8 Å². The Hall–Kier alpha value is -0.420. The van der Waals surface area contributed by atoms with Crippen molar-refractivity contribution in [3.05, 3.63) is 0 Å². The van der Waals surface area contributed by atoms with Crippen LogP contribution in [0.25, 0.3) is 0 Å². The Kier molecular flexibility index (Phi) is 2.29. The lowest BCUT2D eigenvalue weighted by molar-refractivity contribution is 0.231. The summed E-state index contributed by atoms with van der Waals surface area (Å²) in [7, 11) is 0. The fourth-order valence-electron chi connectivity index (χ4n) is 0.881. The molecule has 0 aromatic heterocycles. The molecule has 1 aliphatic rings. The third-order valence-corrected chi connectivity index (χ3v) is 3.32. The molecular formula is C6H13N3OS. The van der Waals surface area contributed by atoms with Crippen LogP contribution in [-0.4, -0.2) is 27.7 Å². The summed E-state index contributed by atoms with van der Waals surface area (Å²) in [6.07, 6.45) is 0. The van der Waals surface area contributed by atoms with E-state index in [-0.39, 0.29) is 16.7 Å². The topological polar surface area (TPSA) is 70.6 Å². The summed E-state index contributed by atoms with van der Waals surface area (Å²) >= 11 is 1.85. The van der Waals surface area contributed by atoms with Crippen molar-refractivity contribution in [2.24, 2.45) is 10.7 Å². The molecule has 11 heavy (non-hydrogen) atoms. The second-order valence-electron chi connectivity index (χ2n) is 3.06. The second-order valence-corrected chi connectivity index (χ2v) is 4.73. The van der Waals surface area contributed by atoms with Crippen LogP contribution in [0.2, 0.25) is 0 Å². The van der Waals surface area contributed by atoms with Crippen molar-refractivity contribution >= 4 is 17.7 Å². The first kappa shape index (κ1) is 8.67. The van der Waals surface area contributed by atoms with E-state index in [0.29, 0.717) is 0 Å². The number of guanidine groups is 1. The van der Waals surface area contributed by atoms with Gasteiger partial charge in [0.15, 0.2) is 0 Å². The maximum absolute atomic E-state index is 8.36. The summed E-state index contributed by atoms with van der Waals surface area (Å²) in [6, 6.07) is 0.229. The number of aliphatic imine (C=N–C) groups is 1. The molecule has 0 aromatic rings. The van der Waals surface area contributed by atoms with E-state index >= 15 is 0 Å². The Balaban J connectivity index is 2.51. The molecule has 5 heteroatoms. The van der Waals surface area contributed by atoms with Gasteiger partial charge in [-0.3, -0.25) is 5.21 Å². The average Bonchev–Trinajstić information content (AvgIpc) is 1.98. The molecule has 1 fully saturated rings. The number of rotatable bonds is 1. The molecule has 1 atom stereocenters. The van der Waals surface area contributed by atoms with Gasteiger partial charge in [0.2, 0.25) is 5.96 Å². The van der Waals surface area contributed by atoms with E-state index in [1.54, 1.807) is 0 Å². The van der Waals surface area contributed by atoms with Gasteiger partial charge in [0.1, 0.15) is 0 Å². The quantitative estimate of drug-likeness (QED) is 0.302. The average molecular weight is 175 g/mol. The first-order valence-corrected chi connectivity index (χ1v) is 4.42. The highest BCUT2D eigenvalue weighted by atomic mass is 32.2. The van der Waals surface area contributed by atoms with Crippen molar-refractivity contribution < 1.29 is 5.21 Å². The predicted molar refractivity (Wildman–Crippen MR) is 46.9 cm³/mol. The molecule has 0 radical (unpaired) electrons. The van der Waals surface area contributed by atoms with Crippen LogP contribution in [0.1, 0.15) is 13.8 Å². The standard InChI is InChI=1S/C6H13N3OS/c1-6(2)4(3-11-6)8-5(7)9-10/h4,10H,3H2,1-2H3,(H3,7,8,9). The van der Waals surface area contributed by atoms with Gasteiger partial charge in [0.05, 0.1) is 6.04 Å². The Bertz CT molecular complexity index is 181. The minimum atomic E-state index is 0.100. The van der Waals surface area contributed by atoms with Gasteiger partial charge >= 0.3 is 0 Å². The van der Waals surface area contributed by atoms with E-state index in [1.165, 1.54) is 0 Å². The number of nitrogens with two attached hydrogens (primary N) is 1. The van der Waals surface area contributed by atoms with Crippen molar-refractivity contribution in [3.63, 3.8) is 0 Å². The number of hydroxylamine groups is 1. The molecule has 64 valence electrons. The molecule has 0 spiro atoms. The molecule has 0 bridgehead atoms. The van der Waals surface area contributed by atoms with Crippen LogP contribution in [0.5, 0.6) is 0 Å². The lowest BCUT2D eigenvalue weighted by atomic mass is 10.0. The van der Waals surface area contributed by atoms with Crippen molar-refractivity contribution in [1.82, 2.24) is 5.48 Å². The maximum atomic E-state index is 8.36. The van der Waals surface area contributed by atoms with E-state index in [2.05, 4.69) is 18.8 Å². The van der Waals surface area contributed by atoms with Gasteiger partial charge in [0.25, 0.3) is 0 Å². The number of nitrogens with one attached hydrogen (secondary N) is 1. The molecule has 0 amide bonds. The number of nitrogens with zero attached hydrogens (tertiary/aromatic N) is 1. The zero-order valence-electron chi connectivity index (χ0n) is 6.66. The minimum absolute atomic E-state index is 0.100. The third kappa shape index (κ3) is 1.78. The Morgan fingerprint density at radius 1 is 1.82 bits per heavy atom. The molecular weight excluding hydrogens is 162 g/mol. The maximum Gasteiger partial charge on any atom is 0.213 e. The van der Waals surface area contributed by atoms with Crippen molar-refractivity contribution in [2.45, 2.75) is 24.6 Å². The van der Waals surface area contributed by atoms with E-state index in [0.717, 1.165) is 5.75 Å². The molecule has 0 aliphatic carbocycles. The van der Waals surface area contributed by atoms with Gasteiger partial charge < -0.3 is 5.73 Å². The van der Waals surface area contributed by atoms with Gasteiger partial charge in [-0.05, 0) is 13.8 Å².